The first-order valence-corrected chi connectivity index (χ1v) is 6.48. The summed E-state index contributed by atoms with van der Waals surface area (Å²) >= 11 is 1.77. The van der Waals surface area contributed by atoms with E-state index in [-0.39, 0.29) is 17.9 Å². The molecule has 1 atom stereocenters. The number of nitrogens with zero attached hydrogens (tertiary/aromatic N) is 1. The van der Waals surface area contributed by atoms with Gasteiger partial charge in [-0.2, -0.15) is 0 Å². The van der Waals surface area contributed by atoms with Gasteiger partial charge in [-0.3, -0.25) is 19.8 Å². The summed E-state index contributed by atoms with van der Waals surface area (Å²) in [5.74, 6) is -0.397. The second-order valence-corrected chi connectivity index (χ2v) is 5.81. The Bertz CT molecular complexity index is 425. The number of imide groups is 1. The van der Waals surface area contributed by atoms with Crippen LogP contribution in [0.15, 0.2) is 12.1 Å². The van der Waals surface area contributed by atoms with Crippen molar-refractivity contribution in [1.82, 2.24) is 10.2 Å². The zero-order chi connectivity index (χ0) is 12.4. The Balaban J connectivity index is 1.97. The molecule has 2 amide bonds. The van der Waals surface area contributed by atoms with Crippen LogP contribution in [0.2, 0.25) is 0 Å². The number of aryl methyl sites for hydroxylation is 1. The first-order valence-electron chi connectivity index (χ1n) is 5.66. The van der Waals surface area contributed by atoms with Crippen LogP contribution < -0.4 is 5.32 Å². The van der Waals surface area contributed by atoms with Crippen molar-refractivity contribution in [3.63, 3.8) is 0 Å². The van der Waals surface area contributed by atoms with Gasteiger partial charge in [0.05, 0.1) is 13.1 Å². The van der Waals surface area contributed by atoms with Crippen molar-refractivity contribution >= 4 is 23.2 Å². The van der Waals surface area contributed by atoms with Gasteiger partial charge in [-0.25, -0.2) is 0 Å². The average Bonchev–Trinajstić information content (AvgIpc) is 2.62. The monoisotopic (exact) mass is 252 g/mol. The molecule has 0 aromatic carbocycles. The Kier molecular flexibility index (Phi) is 3.59. The molecule has 0 saturated carbocycles. The van der Waals surface area contributed by atoms with Crippen LogP contribution in [-0.4, -0.2) is 35.8 Å². The lowest BCUT2D eigenvalue weighted by Crippen LogP contribution is -2.54. The van der Waals surface area contributed by atoms with E-state index in [0.717, 1.165) is 6.42 Å². The fraction of sp³-hybridized carbons (Fsp3) is 0.500. The van der Waals surface area contributed by atoms with Gasteiger partial charge in [0, 0.05) is 15.8 Å². The quantitative estimate of drug-likeness (QED) is 0.815. The zero-order valence-corrected chi connectivity index (χ0v) is 10.8. The smallest absolute Gasteiger partial charge is 0.240 e. The first kappa shape index (κ1) is 12.3. The standard InChI is InChI=1S/C12H16N2O2S/c1-8(5-10-4-3-9(2)17-10)14-6-11(15)13-12(16)7-14/h3-4,8H,5-7H2,1-2H3,(H,13,15,16). The topological polar surface area (TPSA) is 49.4 Å². The highest BCUT2D eigenvalue weighted by atomic mass is 32.1. The Morgan fingerprint density at radius 3 is 2.53 bits per heavy atom. The van der Waals surface area contributed by atoms with Crippen molar-refractivity contribution in [2.45, 2.75) is 26.3 Å². The lowest BCUT2D eigenvalue weighted by molar-refractivity contribution is -0.136. The van der Waals surface area contributed by atoms with Gasteiger partial charge in [-0.05, 0) is 32.4 Å². The molecule has 0 spiro atoms. The number of thiophene rings is 1. The van der Waals surface area contributed by atoms with Gasteiger partial charge in [0.2, 0.25) is 11.8 Å². The van der Waals surface area contributed by atoms with Gasteiger partial charge in [0.1, 0.15) is 0 Å². The minimum absolute atomic E-state index is 0.199. The van der Waals surface area contributed by atoms with E-state index in [1.54, 1.807) is 11.3 Å². The van der Waals surface area contributed by atoms with Crippen LogP contribution in [0.5, 0.6) is 0 Å². The minimum Gasteiger partial charge on any atom is -0.294 e. The van der Waals surface area contributed by atoms with Gasteiger partial charge in [-0.1, -0.05) is 0 Å². The Morgan fingerprint density at radius 1 is 1.35 bits per heavy atom. The van der Waals surface area contributed by atoms with E-state index in [9.17, 15) is 9.59 Å². The summed E-state index contributed by atoms with van der Waals surface area (Å²) in [5, 5.41) is 2.32. The van der Waals surface area contributed by atoms with E-state index in [1.165, 1.54) is 9.75 Å². The molecule has 1 aromatic heterocycles. The van der Waals surface area contributed by atoms with Crippen molar-refractivity contribution in [2.75, 3.05) is 13.1 Å². The number of rotatable bonds is 3. The number of nitrogens with one attached hydrogen (secondary N) is 1. The van der Waals surface area contributed by atoms with Crippen LogP contribution in [0.25, 0.3) is 0 Å². The predicted molar refractivity (Wildman–Crippen MR) is 66.9 cm³/mol. The highest BCUT2D eigenvalue weighted by Gasteiger charge is 2.26. The molecule has 0 aliphatic carbocycles. The van der Waals surface area contributed by atoms with E-state index in [2.05, 4.69) is 31.3 Å². The first-order chi connectivity index (χ1) is 8.04. The Labute approximate surface area is 105 Å². The van der Waals surface area contributed by atoms with Crippen molar-refractivity contribution < 1.29 is 9.59 Å². The van der Waals surface area contributed by atoms with Crippen molar-refractivity contribution in [2.24, 2.45) is 0 Å². The molecule has 1 aliphatic heterocycles. The third-order valence-electron chi connectivity index (χ3n) is 2.89. The molecule has 2 heterocycles. The summed E-state index contributed by atoms with van der Waals surface area (Å²) in [6.07, 6.45) is 0.888. The molecule has 92 valence electrons. The normalized spacial score (nSPS) is 19.2. The van der Waals surface area contributed by atoms with Gasteiger partial charge in [0.15, 0.2) is 0 Å². The minimum atomic E-state index is -0.199. The number of carbonyl (C=O) groups is 2. The Morgan fingerprint density at radius 2 is 2.00 bits per heavy atom. The SMILES string of the molecule is Cc1ccc(CC(C)N2CC(=O)NC(=O)C2)s1. The third kappa shape index (κ3) is 3.14. The molecule has 1 aromatic rings. The molecule has 0 bridgehead atoms. The highest BCUT2D eigenvalue weighted by Crippen LogP contribution is 2.18. The fourth-order valence-electron chi connectivity index (χ4n) is 1.99. The molecular weight excluding hydrogens is 236 g/mol. The van der Waals surface area contributed by atoms with Crippen LogP contribution in [-0.2, 0) is 16.0 Å². The zero-order valence-electron chi connectivity index (χ0n) is 10.0. The summed E-state index contributed by atoms with van der Waals surface area (Å²) in [5.41, 5.74) is 0. The summed E-state index contributed by atoms with van der Waals surface area (Å²) in [7, 11) is 0. The summed E-state index contributed by atoms with van der Waals surface area (Å²) in [6, 6.07) is 4.42. The maximum absolute atomic E-state index is 11.3. The second kappa shape index (κ2) is 4.98. The molecule has 1 fully saturated rings. The maximum atomic E-state index is 11.3. The lowest BCUT2D eigenvalue weighted by atomic mass is 10.1. The number of hydrogen-bond donors (Lipinski definition) is 1. The highest BCUT2D eigenvalue weighted by molar-refractivity contribution is 7.11. The Hall–Kier alpha value is -1.20. The maximum Gasteiger partial charge on any atom is 0.240 e. The summed E-state index contributed by atoms with van der Waals surface area (Å²) in [6.45, 7) is 4.77. The molecule has 1 unspecified atom stereocenters. The fourth-order valence-corrected chi connectivity index (χ4v) is 3.00. The van der Waals surface area contributed by atoms with Crippen LogP contribution in [0, 0.1) is 6.92 Å². The molecule has 1 saturated heterocycles. The van der Waals surface area contributed by atoms with Gasteiger partial charge in [-0.15, -0.1) is 11.3 Å². The van der Waals surface area contributed by atoms with Crippen molar-refractivity contribution in [1.29, 1.82) is 0 Å². The molecule has 4 nitrogen and oxygen atoms in total. The van der Waals surface area contributed by atoms with E-state index in [0.29, 0.717) is 13.1 Å². The summed E-state index contributed by atoms with van der Waals surface area (Å²) < 4.78 is 0. The molecule has 2 rings (SSSR count). The van der Waals surface area contributed by atoms with Crippen LogP contribution in [0.1, 0.15) is 16.7 Å². The number of hydrogen-bond acceptors (Lipinski definition) is 4. The third-order valence-corrected chi connectivity index (χ3v) is 3.91. The van der Waals surface area contributed by atoms with E-state index < -0.39 is 0 Å². The number of carbonyl (C=O) groups excluding carboxylic acids is 2. The molecule has 5 heteroatoms. The molecule has 1 aliphatic rings. The van der Waals surface area contributed by atoms with E-state index in [1.807, 2.05) is 4.90 Å². The number of amides is 2. The van der Waals surface area contributed by atoms with Crippen LogP contribution >= 0.6 is 11.3 Å². The van der Waals surface area contributed by atoms with E-state index in [4.69, 9.17) is 0 Å². The predicted octanol–water partition coefficient (Wildman–Crippen LogP) is 0.946. The lowest BCUT2D eigenvalue weighted by Gasteiger charge is -2.30. The number of piperazine rings is 1. The largest absolute Gasteiger partial charge is 0.294 e. The van der Waals surface area contributed by atoms with E-state index >= 15 is 0 Å². The van der Waals surface area contributed by atoms with Gasteiger partial charge < -0.3 is 0 Å². The summed E-state index contributed by atoms with van der Waals surface area (Å²) in [4.78, 5) is 27.1. The molecule has 17 heavy (non-hydrogen) atoms. The van der Waals surface area contributed by atoms with Crippen molar-refractivity contribution in [3.8, 4) is 0 Å². The molecule has 1 N–H and O–H groups in total. The average molecular weight is 252 g/mol. The van der Waals surface area contributed by atoms with Gasteiger partial charge >= 0.3 is 0 Å². The second-order valence-electron chi connectivity index (χ2n) is 4.44. The van der Waals surface area contributed by atoms with Gasteiger partial charge in [0.25, 0.3) is 0 Å². The molecule has 0 radical (unpaired) electrons. The van der Waals surface area contributed by atoms with Crippen molar-refractivity contribution in [3.05, 3.63) is 21.9 Å². The van der Waals surface area contributed by atoms with Crippen LogP contribution in [0.3, 0.4) is 0 Å². The molecular formula is C12H16N2O2S. The van der Waals surface area contributed by atoms with Crippen LogP contribution in [0.4, 0.5) is 0 Å².